The van der Waals surface area contributed by atoms with E-state index in [1.807, 2.05) is 0 Å². The monoisotopic (exact) mass is 341 g/mol. The number of carbonyl (C=O) groups excluding carboxylic acids is 1. The zero-order valence-electron chi connectivity index (χ0n) is 14.3. The summed E-state index contributed by atoms with van der Waals surface area (Å²) in [4.78, 5) is 19.3. The molecule has 4 heterocycles. The molecule has 2 aromatic rings. The van der Waals surface area contributed by atoms with E-state index < -0.39 is 0 Å². The van der Waals surface area contributed by atoms with Gasteiger partial charge in [0.2, 0.25) is 17.6 Å². The normalized spacial score (nSPS) is 30.6. The topological polar surface area (TPSA) is 72.4 Å². The lowest BCUT2D eigenvalue weighted by atomic mass is 9.68. The number of aromatic nitrogens is 2. The predicted molar refractivity (Wildman–Crippen MR) is 89.4 cm³/mol. The van der Waals surface area contributed by atoms with Crippen LogP contribution in [0.3, 0.4) is 0 Å². The number of nitrogens with zero attached hydrogens (tertiary/aromatic N) is 3. The smallest absolute Gasteiger partial charge is 0.238 e. The lowest BCUT2D eigenvalue weighted by Crippen LogP contribution is -2.42. The summed E-state index contributed by atoms with van der Waals surface area (Å²) < 4.78 is 10.5. The van der Waals surface area contributed by atoms with Gasteiger partial charge in [0, 0.05) is 25.4 Å². The number of hydrogen-bond donors (Lipinski definition) is 0. The molecule has 0 aromatic carbocycles. The molecular weight excluding hydrogens is 318 g/mol. The van der Waals surface area contributed by atoms with Crippen molar-refractivity contribution >= 4 is 5.91 Å². The van der Waals surface area contributed by atoms with Gasteiger partial charge in [0.05, 0.1) is 6.26 Å². The van der Waals surface area contributed by atoms with Crippen LogP contribution in [-0.2, 0) is 11.2 Å². The van der Waals surface area contributed by atoms with Crippen LogP contribution in [-0.4, -0.2) is 33.5 Å². The fourth-order valence-corrected chi connectivity index (χ4v) is 5.31. The predicted octanol–water partition coefficient (Wildman–Crippen LogP) is 3.30. The number of amides is 1. The van der Waals surface area contributed by atoms with Gasteiger partial charge < -0.3 is 13.8 Å². The molecule has 6 heteroatoms. The lowest BCUT2D eigenvalue weighted by molar-refractivity contribution is -0.134. The van der Waals surface area contributed by atoms with Crippen LogP contribution < -0.4 is 0 Å². The van der Waals surface area contributed by atoms with Crippen LogP contribution in [0.1, 0.15) is 44.4 Å². The molecule has 132 valence electrons. The summed E-state index contributed by atoms with van der Waals surface area (Å²) in [5, 5.41) is 3.93. The number of furan rings is 1. The lowest BCUT2D eigenvalue weighted by Gasteiger charge is -2.39. The minimum absolute atomic E-state index is 0.246. The second-order valence-electron chi connectivity index (χ2n) is 7.97. The quantitative estimate of drug-likeness (QED) is 0.853. The average Bonchev–Trinajstić information content (AvgIpc) is 3.24. The van der Waals surface area contributed by atoms with Gasteiger partial charge in [0.15, 0.2) is 5.76 Å². The van der Waals surface area contributed by atoms with Crippen LogP contribution in [0, 0.1) is 17.8 Å². The Morgan fingerprint density at radius 3 is 2.72 bits per heavy atom. The summed E-state index contributed by atoms with van der Waals surface area (Å²) in [5.41, 5.74) is 0. The van der Waals surface area contributed by atoms with Gasteiger partial charge in [-0.2, -0.15) is 4.98 Å². The van der Waals surface area contributed by atoms with E-state index in [4.69, 9.17) is 8.94 Å². The first-order valence-electron chi connectivity index (χ1n) is 9.40. The van der Waals surface area contributed by atoms with E-state index >= 15 is 0 Å². The molecule has 2 aromatic heterocycles. The highest BCUT2D eigenvalue weighted by molar-refractivity contribution is 5.76. The number of rotatable bonds is 4. The minimum atomic E-state index is 0.246. The zero-order valence-corrected chi connectivity index (χ0v) is 14.3. The first-order valence-corrected chi connectivity index (χ1v) is 9.40. The van der Waals surface area contributed by atoms with Crippen molar-refractivity contribution in [3.8, 4) is 11.6 Å². The molecule has 2 aliphatic heterocycles. The summed E-state index contributed by atoms with van der Waals surface area (Å²) in [6.07, 6.45) is 8.98. The van der Waals surface area contributed by atoms with Gasteiger partial charge in [0.1, 0.15) is 0 Å². The summed E-state index contributed by atoms with van der Waals surface area (Å²) in [7, 11) is 0. The number of fused-ring (bicyclic) bond motifs is 1. The maximum atomic E-state index is 12.8. The van der Waals surface area contributed by atoms with E-state index in [0.29, 0.717) is 42.3 Å². The second-order valence-corrected chi connectivity index (χ2v) is 7.97. The maximum absolute atomic E-state index is 12.8. The van der Waals surface area contributed by atoms with Crippen molar-refractivity contribution in [1.82, 2.24) is 15.0 Å². The summed E-state index contributed by atoms with van der Waals surface area (Å²) in [6.45, 7) is 0.956. The number of aryl methyl sites for hydroxylation is 1. The van der Waals surface area contributed by atoms with E-state index in [-0.39, 0.29) is 5.91 Å². The standard InChI is InChI=1S/C19H23N3O3/c23-18(4-3-17-20-19(21-25-17)16-2-1-5-24-16)22-11-14-7-12-6-13(8-14)10-15(22)9-12/h1-2,5,12-15H,3-4,6-11H2/t12-,13+,14?,15?. The van der Waals surface area contributed by atoms with Crippen molar-refractivity contribution in [2.24, 2.45) is 17.8 Å². The molecule has 6 nitrogen and oxygen atoms in total. The first-order chi connectivity index (χ1) is 12.2. The molecule has 2 unspecified atom stereocenters. The third-order valence-corrected chi connectivity index (χ3v) is 6.19. The van der Waals surface area contributed by atoms with Crippen LogP contribution in [0.25, 0.3) is 11.6 Å². The maximum Gasteiger partial charge on any atom is 0.238 e. The molecule has 4 aliphatic rings. The Kier molecular flexibility index (Phi) is 3.64. The van der Waals surface area contributed by atoms with Crippen molar-refractivity contribution in [1.29, 1.82) is 0 Å². The molecular formula is C19H23N3O3. The van der Waals surface area contributed by atoms with Crippen molar-refractivity contribution in [3.05, 3.63) is 24.3 Å². The van der Waals surface area contributed by atoms with Gasteiger partial charge in [-0.05, 0) is 62.0 Å². The third kappa shape index (κ3) is 2.87. The van der Waals surface area contributed by atoms with Crippen LogP contribution in [0.15, 0.2) is 27.3 Å². The molecule has 2 saturated heterocycles. The van der Waals surface area contributed by atoms with Gasteiger partial charge in [0.25, 0.3) is 0 Å². The Hall–Kier alpha value is -2.11. The molecule has 2 saturated carbocycles. The Balaban J connectivity index is 1.24. The Morgan fingerprint density at radius 1 is 1.16 bits per heavy atom. The molecule has 2 aliphatic carbocycles. The Morgan fingerprint density at radius 2 is 1.96 bits per heavy atom. The van der Waals surface area contributed by atoms with E-state index in [2.05, 4.69) is 15.0 Å². The molecule has 0 radical (unpaired) electrons. The highest BCUT2D eigenvalue weighted by Crippen LogP contribution is 2.47. The highest BCUT2D eigenvalue weighted by atomic mass is 16.5. The third-order valence-electron chi connectivity index (χ3n) is 6.19. The molecule has 4 atom stereocenters. The zero-order chi connectivity index (χ0) is 16.8. The number of carbonyl (C=O) groups is 1. The van der Waals surface area contributed by atoms with Crippen LogP contribution in [0.4, 0.5) is 0 Å². The van der Waals surface area contributed by atoms with Crippen molar-refractivity contribution in [2.75, 3.05) is 6.54 Å². The van der Waals surface area contributed by atoms with Gasteiger partial charge in [-0.1, -0.05) is 5.16 Å². The Bertz CT molecular complexity index is 740. The average molecular weight is 341 g/mol. The van der Waals surface area contributed by atoms with Gasteiger partial charge in [-0.3, -0.25) is 4.79 Å². The van der Waals surface area contributed by atoms with Crippen LogP contribution in [0.5, 0.6) is 0 Å². The van der Waals surface area contributed by atoms with Crippen molar-refractivity contribution < 1.29 is 13.7 Å². The summed E-state index contributed by atoms with van der Waals surface area (Å²) >= 11 is 0. The molecule has 0 N–H and O–H groups in total. The van der Waals surface area contributed by atoms with E-state index in [9.17, 15) is 4.79 Å². The summed E-state index contributed by atoms with van der Waals surface area (Å²) in [5.74, 6) is 4.20. The van der Waals surface area contributed by atoms with Crippen molar-refractivity contribution in [3.63, 3.8) is 0 Å². The van der Waals surface area contributed by atoms with Crippen LogP contribution >= 0.6 is 0 Å². The molecule has 4 bridgehead atoms. The fraction of sp³-hybridized carbons (Fsp3) is 0.632. The van der Waals surface area contributed by atoms with Gasteiger partial charge in [-0.15, -0.1) is 0 Å². The minimum Gasteiger partial charge on any atom is -0.461 e. The van der Waals surface area contributed by atoms with E-state index in [1.54, 1.807) is 18.4 Å². The fourth-order valence-electron chi connectivity index (χ4n) is 5.31. The van der Waals surface area contributed by atoms with Gasteiger partial charge in [-0.25, -0.2) is 0 Å². The van der Waals surface area contributed by atoms with E-state index in [1.165, 1.54) is 32.1 Å². The molecule has 25 heavy (non-hydrogen) atoms. The van der Waals surface area contributed by atoms with Crippen molar-refractivity contribution in [2.45, 2.75) is 51.0 Å². The second kappa shape index (κ2) is 6.00. The molecule has 0 spiro atoms. The molecule has 4 fully saturated rings. The van der Waals surface area contributed by atoms with Gasteiger partial charge >= 0.3 is 0 Å². The first kappa shape index (κ1) is 15.2. The largest absolute Gasteiger partial charge is 0.461 e. The number of hydrogen-bond acceptors (Lipinski definition) is 5. The highest BCUT2D eigenvalue weighted by Gasteiger charge is 2.43. The summed E-state index contributed by atoms with van der Waals surface area (Å²) in [6, 6.07) is 4.05. The Labute approximate surface area is 146 Å². The molecule has 6 rings (SSSR count). The van der Waals surface area contributed by atoms with Crippen LogP contribution in [0.2, 0.25) is 0 Å². The SMILES string of the molecule is O=C(CCc1nc(-c2ccco2)no1)N1CC2C[C@@H]3CC1C[C@H](C2)C3. The molecule has 1 amide bonds. The van der Waals surface area contributed by atoms with E-state index in [0.717, 1.165) is 18.4 Å².